The Labute approximate surface area is 111 Å². The average molecular weight is 281 g/mol. The third kappa shape index (κ3) is 3.80. The molecule has 19 heavy (non-hydrogen) atoms. The minimum Gasteiger partial charge on any atom is -0.508 e. The minimum atomic E-state index is -3.50. The van der Waals surface area contributed by atoms with Gasteiger partial charge in [-0.1, -0.05) is 0 Å². The van der Waals surface area contributed by atoms with E-state index >= 15 is 0 Å². The van der Waals surface area contributed by atoms with Crippen LogP contribution in [0.2, 0.25) is 0 Å². The summed E-state index contributed by atoms with van der Waals surface area (Å²) in [4.78, 5) is 4.05. The Kier molecular flexibility index (Phi) is 4.18. The number of aromatic hydroxyl groups is 1. The maximum absolute atomic E-state index is 11.9. The van der Waals surface area contributed by atoms with Gasteiger partial charge in [-0.15, -0.1) is 0 Å². The summed E-state index contributed by atoms with van der Waals surface area (Å²) in [6.45, 7) is 1.06. The molecule has 102 valence electrons. The van der Waals surface area contributed by atoms with Crippen LogP contribution in [0.3, 0.4) is 0 Å². The molecule has 0 bridgehead atoms. The summed E-state index contributed by atoms with van der Waals surface area (Å²) >= 11 is 0. The molecule has 0 atom stereocenters. The van der Waals surface area contributed by atoms with E-state index < -0.39 is 10.0 Å². The number of aryl methyl sites for hydroxylation is 1. The number of rotatable bonds is 6. The molecule has 2 aromatic rings. The Balaban J connectivity index is 1.86. The van der Waals surface area contributed by atoms with Gasteiger partial charge in [0.25, 0.3) is 0 Å². The fraction of sp³-hybridized carbons (Fsp3) is 0.250. The Morgan fingerprint density at radius 2 is 2.00 bits per heavy atom. The van der Waals surface area contributed by atoms with E-state index in [0.717, 1.165) is 0 Å². The Morgan fingerprint density at radius 1 is 1.26 bits per heavy atom. The second kappa shape index (κ2) is 5.85. The van der Waals surface area contributed by atoms with Crippen molar-refractivity contribution in [2.75, 3.05) is 6.54 Å². The third-order valence-corrected chi connectivity index (χ3v) is 4.07. The molecule has 0 saturated carbocycles. The molecular weight excluding hydrogens is 266 g/mol. The molecule has 0 aliphatic carbocycles. The number of hydrogen-bond donors (Lipinski definition) is 2. The maximum atomic E-state index is 11.9. The summed E-state index contributed by atoms with van der Waals surface area (Å²) in [5.41, 5.74) is 0. The van der Waals surface area contributed by atoms with Gasteiger partial charge in [0.15, 0.2) is 0 Å². The van der Waals surface area contributed by atoms with Crippen molar-refractivity contribution in [3.8, 4) is 5.75 Å². The van der Waals surface area contributed by atoms with E-state index in [9.17, 15) is 8.42 Å². The van der Waals surface area contributed by atoms with Crippen molar-refractivity contribution in [3.05, 3.63) is 43.0 Å². The van der Waals surface area contributed by atoms with Crippen molar-refractivity contribution < 1.29 is 13.5 Å². The number of hydrogen-bond acceptors (Lipinski definition) is 4. The highest BCUT2D eigenvalue weighted by Gasteiger charge is 2.12. The van der Waals surface area contributed by atoms with Crippen molar-refractivity contribution in [2.24, 2.45) is 0 Å². The summed E-state index contributed by atoms with van der Waals surface area (Å²) in [7, 11) is -3.50. The van der Waals surface area contributed by atoms with Gasteiger partial charge in [0.05, 0.1) is 11.2 Å². The summed E-state index contributed by atoms with van der Waals surface area (Å²) in [5.74, 6) is 0.0408. The second-order valence-corrected chi connectivity index (χ2v) is 5.81. The lowest BCUT2D eigenvalue weighted by Crippen LogP contribution is -2.25. The second-order valence-electron chi connectivity index (χ2n) is 4.05. The van der Waals surface area contributed by atoms with Crippen molar-refractivity contribution >= 4 is 10.0 Å². The van der Waals surface area contributed by atoms with E-state index in [-0.39, 0.29) is 10.6 Å². The SMILES string of the molecule is O=S(=O)(NCCCn1ccnc1)c1ccc(O)cc1. The van der Waals surface area contributed by atoms with E-state index in [1.165, 1.54) is 24.3 Å². The lowest BCUT2D eigenvalue weighted by atomic mass is 10.3. The standard InChI is InChI=1S/C12H15N3O3S/c16-11-2-4-12(5-3-11)19(17,18)14-6-1-8-15-9-7-13-10-15/h2-5,7,9-10,14,16H,1,6,8H2. The topological polar surface area (TPSA) is 84.2 Å². The maximum Gasteiger partial charge on any atom is 0.240 e. The third-order valence-electron chi connectivity index (χ3n) is 2.59. The first-order valence-electron chi connectivity index (χ1n) is 5.82. The van der Waals surface area contributed by atoms with Crippen molar-refractivity contribution in [3.63, 3.8) is 0 Å². The van der Waals surface area contributed by atoms with Crippen LogP contribution in [0, 0.1) is 0 Å². The molecule has 0 fully saturated rings. The van der Waals surface area contributed by atoms with E-state index in [4.69, 9.17) is 5.11 Å². The highest BCUT2D eigenvalue weighted by atomic mass is 32.2. The van der Waals surface area contributed by atoms with Crippen LogP contribution in [0.15, 0.2) is 47.9 Å². The molecule has 0 radical (unpaired) electrons. The Hall–Kier alpha value is -1.86. The number of sulfonamides is 1. The van der Waals surface area contributed by atoms with Crippen molar-refractivity contribution in [2.45, 2.75) is 17.9 Å². The molecule has 1 aromatic heterocycles. The number of phenolic OH excluding ortho intramolecular Hbond substituents is 1. The molecule has 1 aromatic carbocycles. The number of nitrogens with one attached hydrogen (secondary N) is 1. The van der Waals surface area contributed by atoms with Crippen LogP contribution >= 0.6 is 0 Å². The molecule has 1 heterocycles. The van der Waals surface area contributed by atoms with Crippen LogP contribution in [0.4, 0.5) is 0 Å². The highest BCUT2D eigenvalue weighted by Crippen LogP contribution is 2.13. The fourth-order valence-electron chi connectivity index (χ4n) is 1.60. The number of imidazole rings is 1. The summed E-state index contributed by atoms with van der Waals surface area (Å²) in [6, 6.07) is 5.43. The first kappa shape index (κ1) is 13.6. The minimum absolute atomic E-state index is 0.0408. The van der Waals surface area contributed by atoms with Crippen LogP contribution in [-0.2, 0) is 16.6 Å². The van der Waals surface area contributed by atoms with Gasteiger partial charge in [0.1, 0.15) is 5.75 Å². The van der Waals surface area contributed by atoms with Gasteiger partial charge < -0.3 is 9.67 Å². The number of phenols is 1. The van der Waals surface area contributed by atoms with E-state index in [0.29, 0.717) is 19.5 Å². The predicted molar refractivity (Wildman–Crippen MR) is 70.1 cm³/mol. The Morgan fingerprint density at radius 3 is 2.63 bits per heavy atom. The lowest BCUT2D eigenvalue weighted by Gasteiger charge is -2.07. The van der Waals surface area contributed by atoms with E-state index in [2.05, 4.69) is 9.71 Å². The molecule has 2 N–H and O–H groups in total. The number of aromatic nitrogens is 2. The zero-order valence-electron chi connectivity index (χ0n) is 10.2. The molecule has 7 heteroatoms. The predicted octanol–water partition coefficient (Wildman–Crippen LogP) is 0.957. The van der Waals surface area contributed by atoms with Gasteiger partial charge in [0.2, 0.25) is 10.0 Å². The molecule has 6 nitrogen and oxygen atoms in total. The summed E-state index contributed by atoms with van der Waals surface area (Å²) in [6.07, 6.45) is 5.87. The lowest BCUT2D eigenvalue weighted by molar-refractivity contribution is 0.474. The van der Waals surface area contributed by atoms with Gasteiger partial charge in [-0.25, -0.2) is 18.1 Å². The summed E-state index contributed by atoms with van der Waals surface area (Å²) in [5, 5.41) is 9.12. The van der Waals surface area contributed by atoms with Crippen LogP contribution in [-0.4, -0.2) is 29.6 Å². The monoisotopic (exact) mass is 281 g/mol. The Bertz CT molecular complexity index is 606. The smallest absolute Gasteiger partial charge is 0.240 e. The van der Waals surface area contributed by atoms with Gasteiger partial charge >= 0.3 is 0 Å². The summed E-state index contributed by atoms with van der Waals surface area (Å²) < 4.78 is 28.2. The molecule has 0 saturated heterocycles. The molecule has 0 aliphatic heterocycles. The molecule has 0 spiro atoms. The zero-order chi connectivity index (χ0) is 13.7. The first-order valence-corrected chi connectivity index (χ1v) is 7.31. The zero-order valence-corrected chi connectivity index (χ0v) is 11.0. The van der Waals surface area contributed by atoms with Gasteiger partial charge in [-0.2, -0.15) is 0 Å². The molecule has 0 amide bonds. The first-order chi connectivity index (χ1) is 9.08. The van der Waals surface area contributed by atoms with E-state index in [1.807, 2.05) is 10.8 Å². The molecule has 2 rings (SSSR count). The molecule has 0 aliphatic rings. The van der Waals surface area contributed by atoms with Crippen LogP contribution < -0.4 is 4.72 Å². The van der Waals surface area contributed by atoms with Crippen LogP contribution in [0.1, 0.15) is 6.42 Å². The van der Waals surface area contributed by atoms with Gasteiger partial charge in [-0.3, -0.25) is 0 Å². The van der Waals surface area contributed by atoms with Crippen molar-refractivity contribution in [1.82, 2.24) is 14.3 Å². The quantitative estimate of drug-likeness (QED) is 0.772. The number of benzene rings is 1. The van der Waals surface area contributed by atoms with E-state index in [1.54, 1.807) is 12.5 Å². The van der Waals surface area contributed by atoms with Crippen molar-refractivity contribution in [1.29, 1.82) is 0 Å². The molecule has 0 unspecified atom stereocenters. The largest absolute Gasteiger partial charge is 0.508 e. The normalized spacial score (nSPS) is 11.6. The van der Waals surface area contributed by atoms with Gasteiger partial charge in [-0.05, 0) is 30.7 Å². The average Bonchev–Trinajstić information content (AvgIpc) is 2.88. The van der Waals surface area contributed by atoms with Crippen LogP contribution in [0.25, 0.3) is 0 Å². The number of nitrogens with zero attached hydrogens (tertiary/aromatic N) is 2. The highest BCUT2D eigenvalue weighted by molar-refractivity contribution is 7.89. The van der Waals surface area contributed by atoms with Gasteiger partial charge in [0, 0.05) is 25.5 Å². The van der Waals surface area contributed by atoms with Crippen LogP contribution in [0.5, 0.6) is 5.75 Å². The fourth-order valence-corrected chi connectivity index (χ4v) is 2.67. The molecular formula is C12H15N3O3S.